The minimum absolute atomic E-state index is 1.28. The molecule has 0 bridgehead atoms. The lowest BCUT2D eigenvalue weighted by Crippen LogP contribution is -1.73. The van der Waals surface area contributed by atoms with Crippen molar-refractivity contribution in [3.8, 4) is 11.1 Å². The van der Waals surface area contributed by atoms with Crippen molar-refractivity contribution in [1.82, 2.24) is 0 Å². The average Bonchev–Trinajstić information content (AvgIpc) is 2.32. The van der Waals surface area contributed by atoms with Crippen LogP contribution in [0.3, 0.4) is 0 Å². The van der Waals surface area contributed by atoms with E-state index in [0.29, 0.717) is 0 Å². The number of rotatable bonds is 1. The molecule has 0 saturated heterocycles. The van der Waals surface area contributed by atoms with Crippen LogP contribution >= 0.6 is 0 Å². The zero-order valence-electron chi connectivity index (χ0n) is 8.30. The third-order valence-corrected chi connectivity index (χ3v) is 1.88. The summed E-state index contributed by atoms with van der Waals surface area (Å²) in [5, 5.41) is 2.25. The summed E-state index contributed by atoms with van der Waals surface area (Å²) >= 11 is 0. The van der Waals surface area contributed by atoms with Gasteiger partial charge >= 0.3 is 0 Å². The van der Waals surface area contributed by atoms with Gasteiger partial charge in [0.2, 0.25) is 0 Å². The standard InChI is InChI=1S/C12H10.H3N3/c1-3-7-11(8-4-1)12-9-5-2-6-10-12;1-3-2/h1-10H;(H3,1,2). The summed E-state index contributed by atoms with van der Waals surface area (Å²) in [5.74, 6) is 4.14. The van der Waals surface area contributed by atoms with Gasteiger partial charge < -0.3 is 5.84 Å². The number of nitrogens with one attached hydrogen (secondary N) is 1. The molecule has 0 unspecified atom stereocenters. The molecule has 0 atom stereocenters. The molecule has 2 rings (SSSR count). The molecule has 0 spiro atoms. The molecule has 0 fully saturated rings. The summed E-state index contributed by atoms with van der Waals surface area (Å²) < 4.78 is 0. The zero-order valence-corrected chi connectivity index (χ0v) is 8.30. The van der Waals surface area contributed by atoms with Crippen LogP contribution in [0.15, 0.2) is 65.9 Å². The fraction of sp³-hybridized carbons (Fsp3) is 0. The molecule has 15 heavy (non-hydrogen) atoms. The predicted octanol–water partition coefficient (Wildman–Crippen LogP) is 3.24. The van der Waals surface area contributed by atoms with Crippen LogP contribution < -0.4 is 5.84 Å². The Morgan fingerprint density at radius 3 is 1.27 bits per heavy atom. The maximum atomic E-state index is 5.61. The van der Waals surface area contributed by atoms with Crippen molar-refractivity contribution in [2.45, 2.75) is 0 Å². The molecule has 2 aromatic rings. The van der Waals surface area contributed by atoms with Crippen LogP contribution in [-0.2, 0) is 0 Å². The van der Waals surface area contributed by atoms with Gasteiger partial charge in [0.1, 0.15) is 0 Å². The van der Waals surface area contributed by atoms with Gasteiger partial charge in [-0.15, -0.1) is 0 Å². The lowest BCUT2D eigenvalue weighted by Gasteiger charge is -1.98. The molecule has 3 N–H and O–H groups in total. The molecular weight excluding hydrogens is 186 g/mol. The molecule has 0 saturated carbocycles. The van der Waals surface area contributed by atoms with E-state index < -0.39 is 0 Å². The van der Waals surface area contributed by atoms with Crippen molar-refractivity contribution in [2.24, 2.45) is 11.1 Å². The summed E-state index contributed by atoms with van der Waals surface area (Å²) in [4.78, 5) is 0. The van der Waals surface area contributed by atoms with Gasteiger partial charge in [-0.05, 0) is 11.1 Å². The maximum absolute atomic E-state index is 5.61. The molecule has 3 nitrogen and oxygen atoms in total. The fourth-order valence-electron chi connectivity index (χ4n) is 1.26. The number of benzene rings is 2. The van der Waals surface area contributed by atoms with Crippen LogP contribution in [0, 0.1) is 5.53 Å². The Morgan fingerprint density at radius 2 is 1.00 bits per heavy atom. The van der Waals surface area contributed by atoms with Gasteiger partial charge in [-0.2, -0.15) is 5.53 Å². The fourth-order valence-corrected chi connectivity index (χ4v) is 1.26. The smallest absolute Gasteiger partial charge is 0.0184 e. The third kappa shape index (κ3) is 3.60. The molecule has 2 aromatic carbocycles. The average molecular weight is 199 g/mol. The normalized spacial score (nSPS) is 8.53. The second-order valence-corrected chi connectivity index (χ2v) is 2.86. The summed E-state index contributed by atoms with van der Waals surface area (Å²) in [7, 11) is 0. The van der Waals surface area contributed by atoms with Gasteiger partial charge in [0.25, 0.3) is 0 Å². The topological polar surface area (TPSA) is 62.2 Å². The molecule has 76 valence electrons. The van der Waals surface area contributed by atoms with Crippen molar-refractivity contribution in [3.05, 3.63) is 60.7 Å². The zero-order chi connectivity index (χ0) is 10.9. The van der Waals surface area contributed by atoms with E-state index in [2.05, 4.69) is 59.6 Å². The van der Waals surface area contributed by atoms with Crippen LogP contribution in [0.1, 0.15) is 0 Å². The molecule has 0 amide bonds. The van der Waals surface area contributed by atoms with Crippen molar-refractivity contribution in [1.29, 1.82) is 5.53 Å². The first-order chi connectivity index (χ1) is 7.38. The van der Waals surface area contributed by atoms with E-state index in [1.54, 1.807) is 0 Å². The van der Waals surface area contributed by atoms with Crippen LogP contribution in [0.2, 0.25) is 0 Å². The highest BCUT2D eigenvalue weighted by Crippen LogP contribution is 2.17. The van der Waals surface area contributed by atoms with E-state index in [-0.39, 0.29) is 0 Å². The molecule has 0 aliphatic heterocycles. The van der Waals surface area contributed by atoms with Gasteiger partial charge in [-0.25, -0.2) is 0 Å². The summed E-state index contributed by atoms with van der Waals surface area (Å²) in [6, 6.07) is 20.8. The molecule has 0 aliphatic carbocycles. The lowest BCUT2D eigenvalue weighted by atomic mass is 10.1. The molecule has 0 heterocycles. The summed E-state index contributed by atoms with van der Waals surface area (Å²) in [5.41, 5.74) is 8.16. The highest BCUT2D eigenvalue weighted by Gasteiger charge is 1.91. The van der Waals surface area contributed by atoms with Gasteiger partial charge in [0.15, 0.2) is 0 Å². The SMILES string of the molecule is N=NN.c1ccc(-c2ccccc2)cc1. The number of nitrogens with two attached hydrogens (primary N) is 1. The van der Waals surface area contributed by atoms with Crippen LogP contribution in [0.4, 0.5) is 0 Å². The van der Waals surface area contributed by atoms with E-state index in [1.807, 2.05) is 12.1 Å². The second-order valence-electron chi connectivity index (χ2n) is 2.86. The molecule has 0 aliphatic rings. The minimum Gasteiger partial charge on any atom is -0.305 e. The second kappa shape index (κ2) is 6.32. The largest absolute Gasteiger partial charge is 0.305 e. The first-order valence-corrected chi connectivity index (χ1v) is 4.55. The van der Waals surface area contributed by atoms with Crippen molar-refractivity contribution in [2.75, 3.05) is 0 Å². The number of hydrogen-bond donors (Lipinski definition) is 2. The predicted molar refractivity (Wildman–Crippen MR) is 61.2 cm³/mol. The monoisotopic (exact) mass is 199 g/mol. The third-order valence-electron chi connectivity index (χ3n) is 1.88. The Balaban J connectivity index is 0.000000337. The Morgan fingerprint density at radius 1 is 0.733 bits per heavy atom. The Kier molecular flexibility index (Phi) is 4.60. The molecule has 0 radical (unpaired) electrons. The van der Waals surface area contributed by atoms with E-state index >= 15 is 0 Å². The summed E-state index contributed by atoms with van der Waals surface area (Å²) in [6.07, 6.45) is 0. The van der Waals surface area contributed by atoms with Crippen molar-refractivity contribution >= 4 is 0 Å². The minimum atomic E-state index is 1.28. The van der Waals surface area contributed by atoms with Gasteiger partial charge in [-0.1, -0.05) is 65.9 Å². The van der Waals surface area contributed by atoms with Crippen LogP contribution in [0.25, 0.3) is 11.1 Å². The van der Waals surface area contributed by atoms with Gasteiger partial charge in [0, 0.05) is 0 Å². The van der Waals surface area contributed by atoms with Crippen molar-refractivity contribution in [3.63, 3.8) is 0 Å². The van der Waals surface area contributed by atoms with Crippen LogP contribution in [0.5, 0.6) is 0 Å². The first kappa shape index (κ1) is 10.9. The van der Waals surface area contributed by atoms with Crippen molar-refractivity contribution < 1.29 is 0 Å². The molecule has 3 heteroatoms. The Hall–Kier alpha value is -2.16. The number of hydrogen-bond acceptors (Lipinski definition) is 2. The highest BCUT2D eigenvalue weighted by atomic mass is 15.2. The molecular formula is C12H13N3. The Labute approximate surface area is 89.0 Å². The Bertz CT molecular complexity index is 347. The lowest BCUT2D eigenvalue weighted by molar-refractivity contribution is 0.991. The van der Waals surface area contributed by atoms with E-state index in [0.717, 1.165) is 0 Å². The van der Waals surface area contributed by atoms with Crippen LogP contribution in [-0.4, -0.2) is 0 Å². The molecule has 0 aromatic heterocycles. The quantitative estimate of drug-likeness (QED) is 0.413. The highest BCUT2D eigenvalue weighted by molar-refractivity contribution is 5.62. The summed E-state index contributed by atoms with van der Waals surface area (Å²) in [6.45, 7) is 0. The van der Waals surface area contributed by atoms with Gasteiger partial charge in [0.05, 0.1) is 0 Å². The van der Waals surface area contributed by atoms with Gasteiger partial charge in [-0.3, -0.25) is 0 Å². The number of nitrogens with zero attached hydrogens (tertiary/aromatic N) is 1. The van der Waals surface area contributed by atoms with E-state index in [4.69, 9.17) is 5.53 Å². The van der Waals surface area contributed by atoms with E-state index in [9.17, 15) is 0 Å². The maximum Gasteiger partial charge on any atom is -0.0184 e. The first-order valence-electron chi connectivity index (χ1n) is 4.55. The van der Waals surface area contributed by atoms with E-state index in [1.165, 1.54) is 11.1 Å².